The Morgan fingerprint density at radius 3 is 2.39 bits per heavy atom. The zero-order chi connectivity index (χ0) is 13.5. The van der Waals surface area contributed by atoms with Crippen molar-refractivity contribution >= 4 is 17.6 Å². The Balaban J connectivity index is 3.05. The van der Waals surface area contributed by atoms with Crippen LogP contribution < -0.4 is 14.2 Å². The van der Waals surface area contributed by atoms with E-state index < -0.39 is 0 Å². The SMILES string of the molecule is CCOc1cc(OC(=O)CC)cc(Cl)c1OCC. The second-order valence-electron chi connectivity index (χ2n) is 3.43. The molecule has 4 nitrogen and oxygen atoms in total. The number of halogens is 1. The summed E-state index contributed by atoms with van der Waals surface area (Å²) in [5.74, 6) is 0.986. The van der Waals surface area contributed by atoms with Crippen molar-refractivity contribution in [1.82, 2.24) is 0 Å². The van der Waals surface area contributed by atoms with Crippen molar-refractivity contribution in [2.45, 2.75) is 27.2 Å². The number of hydrogen-bond acceptors (Lipinski definition) is 4. The largest absolute Gasteiger partial charge is 0.490 e. The molecule has 0 radical (unpaired) electrons. The predicted molar refractivity (Wildman–Crippen MR) is 69.7 cm³/mol. The number of hydrogen-bond donors (Lipinski definition) is 0. The average molecular weight is 273 g/mol. The van der Waals surface area contributed by atoms with Crippen molar-refractivity contribution in [3.05, 3.63) is 17.2 Å². The Morgan fingerprint density at radius 2 is 1.83 bits per heavy atom. The van der Waals surface area contributed by atoms with Crippen LogP contribution in [0.1, 0.15) is 27.2 Å². The van der Waals surface area contributed by atoms with Crippen molar-refractivity contribution in [2.24, 2.45) is 0 Å². The minimum absolute atomic E-state index is 0.300. The fourth-order valence-electron chi connectivity index (χ4n) is 1.35. The molecular formula is C13H17ClO4. The van der Waals surface area contributed by atoms with Gasteiger partial charge in [0.2, 0.25) is 0 Å². The highest BCUT2D eigenvalue weighted by Crippen LogP contribution is 2.39. The van der Waals surface area contributed by atoms with Gasteiger partial charge in [-0.2, -0.15) is 0 Å². The first kappa shape index (κ1) is 14.6. The second kappa shape index (κ2) is 7.11. The van der Waals surface area contributed by atoms with Crippen LogP contribution in [0.2, 0.25) is 5.02 Å². The van der Waals surface area contributed by atoms with Gasteiger partial charge in [0.25, 0.3) is 0 Å². The molecule has 1 aromatic carbocycles. The molecule has 0 aliphatic heterocycles. The van der Waals surface area contributed by atoms with Crippen molar-refractivity contribution < 1.29 is 19.0 Å². The van der Waals surface area contributed by atoms with E-state index in [-0.39, 0.29) is 5.97 Å². The Kier molecular flexibility index (Phi) is 5.78. The number of carbonyl (C=O) groups excluding carboxylic acids is 1. The topological polar surface area (TPSA) is 44.8 Å². The van der Waals surface area contributed by atoms with Crippen molar-refractivity contribution in [1.29, 1.82) is 0 Å². The number of esters is 1. The molecule has 0 saturated carbocycles. The smallest absolute Gasteiger partial charge is 0.310 e. The van der Waals surface area contributed by atoms with Gasteiger partial charge in [0, 0.05) is 18.6 Å². The molecule has 0 atom stereocenters. The highest BCUT2D eigenvalue weighted by atomic mass is 35.5. The van der Waals surface area contributed by atoms with Crippen LogP contribution in [0.25, 0.3) is 0 Å². The molecule has 0 fully saturated rings. The van der Waals surface area contributed by atoms with Gasteiger partial charge in [-0.25, -0.2) is 0 Å². The van der Waals surface area contributed by atoms with E-state index in [0.717, 1.165) is 0 Å². The van der Waals surface area contributed by atoms with E-state index in [4.69, 9.17) is 25.8 Å². The van der Waals surface area contributed by atoms with Gasteiger partial charge in [0.05, 0.1) is 18.2 Å². The molecule has 1 rings (SSSR count). The number of carbonyl (C=O) groups is 1. The molecule has 0 amide bonds. The molecule has 0 unspecified atom stereocenters. The van der Waals surface area contributed by atoms with Crippen LogP contribution in [-0.4, -0.2) is 19.2 Å². The van der Waals surface area contributed by atoms with Gasteiger partial charge in [0.15, 0.2) is 11.5 Å². The average Bonchev–Trinajstić information content (AvgIpc) is 2.34. The van der Waals surface area contributed by atoms with Crippen molar-refractivity contribution in [3.63, 3.8) is 0 Å². The fraction of sp³-hybridized carbons (Fsp3) is 0.462. The Hall–Kier alpha value is -1.42. The molecule has 0 aliphatic carbocycles. The third-order valence-electron chi connectivity index (χ3n) is 2.09. The summed E-state index contributed by atoms with van der Waals surface area (Å²) in [6.45, 7) is 6.39. The van der Waals surface area contributed by atoms with Crippen molar-refractivity contribution in [3.8, 4) is 17.2 Å². The molecule has 0 bridgehead atoms. The Morgan fingerprint density at radius 1 is 1.17 bits per heavy atom. The Labute approximate surface area is 112 Å². The first-order valence-corrected chi connectivity index (χ1v) is 6.29. The first-order chi connectivity index (χ1) is 8.62. The number of rotatable bonds is 6. The third-order valence-corrected chi connectivity index (χ3v) is 2.37. The van der Waals surface area contributed by atoms with E-state index in [1.807, 2.05) is 13.8 Å². The second-order valence-corrected chi connectivity index (χ2v) is 3.83. The van der Waals surface area contributed by atoms with E-state index in [1.165, 1.54) is 0 Å². The maximum atomic E-state index is 11.2. The van der Waals surface area contributed by atoms with Gasteiger partial charge in [-0.3, -0.25) is 4.79 Å². The highest BCUT2D eigenvalue weighted by molar-refractivity contribution is 6.32. The molecule has 0 aliphatic rings. The zero-order valence-corrected chi connectivity index (χ0v) is 11.5. The molecule has 0 aromatic heterocycles. The van der Waals surface area contributed by atoms with Gasteiger partial charge in [-0.05, 0) is 13.8 Å². The molecule has 100 valence electrons. The van der Waals surface area contributed by atoms with Gasteiger partial charge in [-0.15, -0.1) is 0 Å². The van der Waals surface area contributed by atoms with E-state index in [9.17, 15) is 4.79 Å². The highest BCUT2D eigenvalue weighted by Gasteiger charge is 2.14. The van der Waals surface area contributed by atoms with Crippen molar-refractivity contribution in [2.75, 3.05) is 13.2 Å². The lowest BCUT2D eigenvalue weighted by Crippen LogP contribution is -2.06. The quantitative estimate of drug-likeness (QED) is 0.588. The lowest BCUT2D eigenvalue weighted by molar-refractivity contribution is -0.134. The normalized spacial score (nSPS) is 10.0. The van der Waals surface area contributed by atoms with E-state index >= 15 is 0 Å². The van der Waals surface area contributed by atoms with Crippen LogP contribution in [0.4, 0.5) is 0 Å². The van der Waals surface area contributed by atoms with Crippen LogP contribution in [0.5, 0.6) is 17.2 Å². The molecule has 1 aromatic rings. The minimum Gasteiger partial charge on any atom is -0.490 e. The number of ether oxygens (including phenoxy) is 3. The molecule has 18 heavy (non-hydrogen) atoms. The Bertz CT molecular complexity index is 418. The van der Waals surface area contributed by atoms with Crippen LogP contribution in [0.15, 0.2) is 12.1 Å². The molecule has 0 N–H and O–H groups in total. The summed E-state index contributed by atoms with van der Waals surface area (Å²) in [5.41, 5.74) is 0. The predicted octanol–water partition coefficient (Wildman–Crippen LogP) is 3.45. The monoisotopic (exact) mass is 272 g/mol. The lowest BCUT2D eigenvalue weighted by Gasteiger charge is -2.14. The van der Waals surface area contributed by atoms with Gasteiger partial charge >= 0.3 is 5.97 Å². The summed E-state index contributed by atoms with van der Waals surface area (Å²) in [7, 11) is 0. The van der Waals surface area contributed by atoms with Crippen LogP contribution >= 0.6 is 11.6 Å². The maximum absolute atomic E-state index is 11.2. The summed E-state index contributed by atoms with van der Waals surface area (Å²) in [4.78, 5) is 11.2. The maximum Gasteiger partial charge on any atom is 0.310 e. The molecule has 0 spiro atoms. The first-order valence-electron chi connectivity index (χ1n) is 5.92. The molecule has 0 saturated heterocycles. The standard InChI is InChI=1S/C13H17ClO4/c1-4-12(15)18-9-7-10(14)13(17-6-3)11(8-9)16-5-2/h7-8H,4-6H2,1-3H3. The van der Waals surface area contributed by atoms with Gasteiger partial charge in [-0.1, -0.05) is 18.5 Å². The summed E-state index contributed by atoms with van der Waals surface area (Å²) in [6, 6.07) is 3.15. The third kappa shape index (κ3) is 3.81. The summed E-state index contributed by atoms with van der Waals surface area (Å²) in [6.07, 6.45) is 0.300. The van der Waals surface area contributed by atoms with E-state index in [1.54, 1.807) is 19.1 Å². The molecule has 5 heteroatoms. The zero-order valence-electron chi connectivity index (χ0n) is 10.8. The lowest BCUT2D eigenvalue weighted by atomic mass is 10.3. The van der Waals surface area contributed by atoms with Crippen LogP contribution in [0.3, 0.4) is 0 Å². The minimum atomic E-state index is -0.322. The van der Waals surface area contributed by atoms with Crippen LogP contribution in [-0.2, 0) is 4.79 Å². The molecular weight excluding hydrogens is 256 g/mol. The number of benzene rings is 1. The van der Waals surface area contributed by atoms with Gasteiger partial charge < -0.3 is 14.2 Å². The molecule has 0 heterocycles. The summed E-state index contributed by atoms with van der Waals surface area (Å²) >= 11 is 6.08. The van der Waals surface area contributed by atoms with E-state index in [2.05, 4.69) is 0 Å². The van der Waals surface area contributed by atoms with Crippen LogP contribution in [0, 0.1) is 0 Å². The van der Waals surface area contributed by atoms with Gasteiger partial charge in [0.1, 0.15) is 5.75 Å². The summed E-state index contributed by atoms with van der Waals surface area (Å²) in [5, 5.41) is 0.363. The fourth-order valence-corrected chi connectivity index (χ4v) is 1.61. The summed E-state index contributed by atoms with van der Waals surface area (Å²) < 4.78 is 15.9. The van der Waals surface area contributed by atoms with E-state index in [0.29, 0.717) is 41.9 Å².